The minimum absolute atomic E-state index is 0.0433. The Morgan fingerprint density at radius 1 is 1.44 bits per heavy atom. The first-order valence-corrected chi connectivity index (χ1v) is 8.56. The SMILES string of the molecule is COc1ccc(C)cc1NC(=O)CNC(=O)[C@]12CNC[C@H]1CN(C)C2. The van der Waals surface area contributed by atoms with E-state index in [0.717, 1.165) is 25.2 Å². The molecule has 0 spiro atoms. The number of likely N-dealkylation sites (tertiary alicyclic amines) is 1. The summed E-state index contributed by atoms with van der Waals surface area (Å²) >= 11 is 0. The lowest BCUT2D eigenvalue weighted by Crippen LogP contribution is -2.49. The Hall–Kier alpha value is -2.12. The van der Waals surface area contributed by atoms with Gasteiger partial charge in [-0.05, 0) is 31.7 Å². The van der Waals surface area contributed by atoms with Crippen molar-refractivity contribution in [1.82, 2.24) is 15.5 Å². The van der Waals surface area contributed by atoms with Crippen LogP contribution in [0.4, 0.5) is 5.69 Å². The Balaban J connectivity index is 1.59. The number of benzene rings is 1. The fraction of sp³-hybridized carbons (Fsp3) is 0.556. The highest BCUT2D eigenvalue weighted by molar-refractivity contribution is 5.96. The van der Waals surface area contributed by atoms with E-state index >= 15 is 0 Å². The number of rotatable bonds is 5. The number of hydrogen-bond donors (Lipinski definition) is 3. The van der Waals surface area contributed by atoms with Crippen molar-refractivity contribution in [2.24, 2.45) is 11.3 Å². The first-order valence-electron chi connectivity index (χ1n) is 8.56. The molecule has 2 heterocycles. The number of hydrogen-bond acceptors (Lipinski definition) is 5. The molecule has 136 valence electrons. The third-order valence-corrected chi connectivity index (χ3v) is 5.19. The van der Waals surface area contributed by atoms with E-state index < -0.39 is 5.41 Å². The number of fused-ring (bicyclic) bond motifs is 1. The second kappa shape index (κ2) is 7.01. The molecule has 0 unspecified atom stereocenters. The molecule has 2 saturated heterocycles. The Bertz CT molecular complexity index is 678. The van der Waals surface area contributed by atoms with Crippen molar-refractivity contribution in [2.75, 3.05) is 52.2 Å². The Kier molecular flexibility index (Phi) is 4.96. The molecule has 3 rings (SSSR count). The predicted octanol–water partition coefficient (Wildman–Crippen LogP) is 0.210. The third kappa shape index (κ3) is 3.48. The summed E-state index contributed by atoms with van der Waals surface area (Å²) in [6.07, 6.45) is 0. The topological polar surface area (TPSA) is 82.7 Å². The molecule has 3 N–H and O–H groups in total. The van der Waals surface area contributed by atoms with Crippen LogP contribution >= 0.6 is 0 Å². The second-order valence-corrected chi connectivity index (χ2v) is 7.12. The number of anilines is 1. The fourth-order valence-corrected chi connectivity index (χ4v) is 3.94. The summed E-state index contributed by atoms with van der Waals surface area (Å²) in [4.78, 5) is 27.2. The fourth-order valence-electron chi connectivity index (χ4n) is 3.94. The van der Waals surface area contributed by atoms with E-state index in [1.54, 1.807) is 7.11 Å². The van der Waals surface area contributed by atoms with E-state index in [1.165, 1.54) is 0 Å². The largest absolute Gasteiger partial charge is 0.495 e. The van der Waals surface area contributed by atoms with Gasteiger partial charge in [0.2, 0.25) is 11.8 Å². The maximum absolute atomic E-state index is 12.7. The molecule has 2 atom stereocenters. The maximum atomic E-state index is 12.7. The highest BCUT2D eigenvalue weighted by Gasteiger charge is 2.53. The standard InChI is InChI=1S/C18H26N4O3/c1-12-4-5-15(25-3)14(6-12)21-16(23)8-20-17(24)18-10-19-7-13(18)9-22(2)11-18/h4-6,13,19H,7-11H2,1-3H3,(H,20,24)(H,21,23)/t13-,18-/m0/s1. The molecule has 0 saturated carbocycles. The molecular weight excluding hydrogens is 320 g/mol. The monoisotopic (exact) mass is 346 g/mol. The average molecular weight is 346 g/mol. The van der Waals surface area contributed by atoms with Gasteiger partial charge in [0, 0.05) is 32.1 Å². The third-order valence-electron chi connectivity index (χ3n) is 5.19. The van der Waals surface area contributed by atoms with E-state index in [9.17, 15) is 9.59 Å². The molecule has 0 aliphatic carbocycles. The summed E-state index contributed by atoms with van der Waals surface area (Å²) in [5.41, 5.74) is 1.21. The minimum Gasteiger partial charge on any atom is -0.495 e. The number of ether oxygens (including phenoxy) is 1. The van der Waals surface area contributed by atoms with Gasteiger partial charge in [-0.3, -0.25) is 9.59 Å². The van der Waals surface area contributed by atoms with Crippen molar-refractivity contribution >= 4 is 17.5 Å². The van der Waals surface area contributed by atoms with Crippen molar-refractivity contribution in [3.05, 3.63) is 23.8 Å². The molecule has 7 heteroatoms. The molecule has 2 amide bonds. The van der Waals surface area contributed by atoms with Gasteiger partial charge < -0.3 is 25.6 Å². The molecule has 25 heavy (non-hydrogen) atoms. The number of aryl methyl sites for hydroxylation is 1. The lowest BCUT2D eigenvalue weighted by molar-refractivity contribution is -0.132. The zero-order valence-electron chi connectivity index (χ0n) is 15.0. The molecule has 1 aromatic rings. The number of carbonyl (C=O) groups excluding carboxylic acids is 2. The number of amides is 2. The average Bonchev–Trinajstić information content (AvgIpc) is 3.09. The minimum atomic E-state index is -0.421. The lowest BCUT2D eigenvalue weighted by atomic mass is 9.80. The van der Waals surface area contributed by atoms with Crippen LogP contribution in [0.25, 0.3) is 0 Å². The highest BCUT2D eigenvalue weighted by atomic mass is 16.5. The lowest BCUT2D eigenvalue weighted by Gasteiger charge is -2.26. The van der Waals surface area contributed by atoms with Crippen LogP contribution in [0.3, 0.4) is 0 Å². The summed E-state index contributed by atoms with van der Waals surface area (Å²) in [6.45, 7) is 5.05. The van der Waals surface area contributed by atoms with Gasteiger partial charge in [-0.15, -0.1) is 0 Å². The van der Waals surface area contributed by atoms with Crippen LogP contribution in [0.15, 0.2) is 18.2 Å². The zero-order valence-corrected chi connectivity index (χ0v) is 15.0. The number of nitrogens with zero attached hydrogens (tertiary/aromatic N) is 1. The highest BCUT2D eigenvalue weighted by Crippen LogP contribution is 2.38. The second-order valence-electron chi connectivity index (χ2n) is 7.12. The van der Waals surface area contributed by atoms with Crippen molar-refractivity contribution in [3.8, 4) is 5.75 Å². The molecule has 2 aliphatic heterocycles. The van der Waals surface area contributed by atoms with Crippen LogP contribution in [-0.4, -0.2) is 63.6 Å². The number of methoxy groups -OCH3 is 1. The molecule has 2 fully saturated rings. The van der Waals surface area contributed by atoms with Gasteiger partial charge in [-0.2, -0.15) is 0 Å². The number of nitrogens with one attached hydrogen (secondary N) is 3. The van der Waals surface area contributed by atoms with Gasteiger partial charge in [-0.25, -0.2) is 0 Å². The quantitative estimate of drug-likeness (QED) is 0.710. The van der Waals surface area contributed by atoms with Gasteiger partial charge >= 0.3 is 0 Å². The van der Waals surface area contributed by atoms with Gasteiger partial charge in [0.25, 0.3) is 0 Å². The van der Waals surface area contributed by atoms with Crippen LogP contribution in [0.5, 0.6) is 5.75 Å². The Morgan fingerprint density at radius 3 is 3.00 bits per heavy atom. The predicted molar refractivity (Wildman–Crippen MR) is 95.7 cm³/mol. The first-order chi connectivity index (χ1) is 11.9. The summed E-state index contributed by atoms with van der Waals surface area (Å²) in [7, 11) is 3.59. The van der Waals surface area contributed by atoms with Gasteiger partial charge in [0.05, 0.1) is 24.8 Å². The molecule has 0 bridgehead atoms. The molecular formula is C18H26N4O3. The zero-order chi connectivity index (χ0) is 18.0. The van der Waals surface area contributed by atoms with E-state index in [1.807, 2.05) is 32.2 Å². The summed E-state index contributed by atoms with van der Waals surface area (Å²) in [5, 5.41) is 8.94. The summed E-state index contributed by atoms with van der Waals surface area (Å²) in [6, 6.07) is 5.57. The summed E-state index contributed by atoms with van der Waals surface area (Å²) < 4.78 is 5.26. The van der Waals surface area contributed by atoms with Crippen LogP contribution in [0.1, 0.15) is 5.56 Å². The molecule has 7 nitrogen and oxygen atoms in total. The van der Waals surface area contributed by atoms with Crippen molar-refractivity contribution in [2.45, 2.75) is 6.92 Å². The van der Waals surface area contributed by atoms with E-state index in [2.05, 4.69) is 20.9 Å². The van der Waals surface area contributed by atoms with Crippen molar-refractivity contribution in [1.29, 1.82) is 0 Å². The normalized spacial score (nSPS) is 25.5. The molecule has 0 radical (unpaired) electrons. The van der Waals surface area contributed by atoms with Crippen LogP contribution in [0, 0.1) is 18.3 Å². The summed E-state index contributed by atoms with van der Waals surface area (Å²) in [5.74, 6) is 0.597. The van der Waals surface area contributed by atoms with Crippen LogP contribution in [-0.2, 0) is 9.59 Å². The molecule has 0 aromatic heterocycles. The molecule has 2 aliphatic rings. The number of carbonyl (C=O) groups is 2. The van der Waals surface area contributed by atoms with Gasteiger partial charge in [0.15, 0.2) is 0 Å². The van der Waals surface area contributed by atoms with Crippen molar-refractivity contribution in [3.63, 3.8) is 0 Å². The van der Waals surface area contributed by atoms with Crippen molar-refractivity contribution < 1.29 is 14.3 Å². The van der Waals surface area contributed by atoms with Gasteiger partial charge in [0.1, 0.15) is 5.75 Å². The van der Waals surface area contributed by atoms with Crippen LogP contribution in [0.2, 0.25) is 0 Å². The van der Waals surface area contributed by atoms with Crippen LogP contribution < -0.4 is 20.7 Å². The smallest absolute Gasteiger partial charge is 0.243 e. The van der Waals surface area contributed by atoms with E-state index in [-0.39, 0.29) is 18.4 Å². The Labute approximate surface area is 148 Å². The molecule has 1 aromatic carbocycles. The van der Waals surface area contributed by atoms with Gasteiger partial charge in [-0.1, -0.05) is 6.07 Å². The maximum Gasteiger partial charge on any atom is 0.243 e. The van der Waals surface area contributed by atoms with E-state index in [4.69, 9.17) is 4.74 Å². The Morgan fingerprint density at radius 2 is 2.24 bits per heavy atom. The first kappa shape index (κ1) is 17.7. The van der Waals surface area contributed by atoms with E-state index in [0.29, 0.717) is 23.9 Å².